The summed E-state index contributed by atoms with van der Waals surface area (Å²) < 4.78 is 47.2. The molecule has 0 saturated carbocycles. The molecule has 3 nitrogen and oxygen atoms in total. The van der Waals surface area contributed by atoms with Crippen LogP contribution in [0.2, 0.25) is 0 Å². The standard InChI is InChI=1S/C13H13F2NO2S2/c1-9-2-5-11(19-9)8-16-10-3-6-12(7-4-10)20(17,18)13(14)15/h2-7,13,16H,8H2,1H3. The molecule has 0 unspecified atom stereocenters. The number of halogens is 2. The molecule has 0 spiro atoms. The number of rotatable bonds is 5. The van der Waals surface area contributed by atoms with Gasteiger partial charge in [-0.25, -0.2) is 8.42 Å². The van der Waals surface area contributed by atoms with Crippen LogP contribution in [0.4, 0.5) is 14.5 Å². The highest BCUT2D eigenvalue weighted by Gasteiger charge is 2.26. The Morgan fingerprint density at radius 2 is 1.80 bits per heavy atom. The van der Waals surface area contributed by atoms with E-state index in [1.54, 1.807) is 11.3 Å². The van der Waals surface area contributed by atoms with E-state index < -0.39 is 15.6 Å². The first-order chi connectivity index (χ1) is 9.39. The fourth-order valence-corrected chi connectivity index (χ4v) is 3.19. The molecule has 0 aliphatic rings. The third-order valence-electron chi connectivity index (χ3n) is 2.68. The maximum atomic E-state index is 12.4. The molecule has 0 aliphatic carbocycles. The van der Waals surface area contributed by atoms with E-state index in [0.29, 0.717) is 12.2 Å². The Bertz CT molecular complexity index is 679. The van der Waals surface area contributed by atoms with E-state index in [1.165, 1.54) is 29.1 Å². The molecule has 0 saturated heterocycles. The highest BCUT2D eigenvalue weighted by atomic mass is 32.2. The van der Waals surface area contributed by atoms with Crippen LogP contribution >= 0.6 is 11.3 Å². The van der Waals surface area contributed by atoms with Gasteiger partial charge in [-0.1, -0.05) is 0 Å². The lowest BCUT2D eigenvalue weighted by Crippen LogP contribution is -2.11. The fraction of sp³-hybridized carbons (Fsp3) is 0.231. The zero-order chi connectivity index (χ0) is 14.8. The molecule has 20 heavy (non-hydrogen) atoms. The molecule has 1 N–H and O–H groups in total. The molecule has 0 radical (unpaired) electrons. The summed E-state index contributed by atoms with van der Waals surface area (Å²) in [7, 11) is -4.52. The molecule has 1 heterocycles. The average Bonchev–Trinajstić information content (AvgIpc) is 2.82. The first-order valence-corrected chi connectivity index (χ1v) is 8.17. The summed E-state index contributed by atoms with van der Waals surface area (Å²) in [6, 6.07) is 9.35. The van der Waals surface area contributed by atoms with Crippen molar-refractivity contribution >= 4 is 26.9 Å². The first-order valence-electron chi connectivity index (χ1n) is 5.81. The summed E-state index contributed by atoms with van der Waals surface area (Å²) in [5.74, 6) is -3.39. The van der Waals surface area contributed by atoms with Gasteiger partial charge in [-0.3, -0.25) is 0 Å². The van der Waals surface area contributed by atoms with E-state index in [-0.39, 0.29) is 4.90 Å². The van der Waals surface area contributed by atoms with E-state index in [0.717, 1.165) is 4.88 Å². The van der Waals surface area contributed by atoms with Crippen molar-refractivity contribution in [2.45, 2.75) is 24.1 Å². The summed E-state index contributed by atoms with van der Waals surface area (Å²) >= 11 is 1.66. The SMILES string of the molecule is Cc1ccc(CNc2ccc(S(=O)(=O)C(F)F)cc2)s1. The summed E-state index contributed by atoms with van der Waals surface area (Å²) in [4.78, 5) is 1.98. The highest BCUT2D eigenvalue weighted by Crippen LogP contribution is 2.21. The Hall–Kier alpha value is -1.47. The second-order valence-electron chi connectivity index (χ2n) is 4.20. The number of thiophene rings is 1. The minimum atomic E-state index is -4.52. The molecule has 0 amide bonds. The predicted molar refractivity (Wildman–Crippen MR) is 76.0 cm³/mol. The largest absolute Gasteiger partial charge is 0.380 e. The monoisotopic (exact) mass is 317 g/mol. The first kappa shape index (κ1) is 14.9. The van der Waals surface area contributed by atoms with Crippen LogP contribution in [0.5, 0.6) is 0 Å². The second kappa shape index (κ2) is 5.88. The molecule has 108 valence electrons. The van der Waals surface area contributed by atoms with Crippen LogP contribution in [0.15, 0.2) is 41.3 Å². The summed E-state index contributed by atoms with van der Waals surface area (Å²) in [5, 5.41) is 3.11. The number of sulfone groups is 1. The van der Waals surface area contributed by atoms with Crippen molar-refractivity contribution in [3.8, 4) is 0 Å². The van der Waals surface area contributed by atoms with Crippen molar-refractivity contribution in [1.82, 2.24) is 0 Å². The average molecular weight is 317 g/mol. The van der Waals surface area contributed by atoms with Crippen molar-refractivity contribution < 1.29 is 17.2 Å². The molecule has 0 atom stereocenters. The van der Waals surface area contributed by atoms with Crippen molar-refractivity contribution in [3.63, 3.8) is 0 Å². The van der Waals surface area contributed by atoms with Gasteiger partial charge in [-0.2, -0.15) is 8.78 Å². The van der Waals surface area contributed by atoms with Gasteiger partial charge in [0.25, 0.3) is 0 Å². The van der Waals surface area contributed by atoms with Gasteiger partial charge in [-0.05, 0) is 43.3 Å². The molecule has 0 bridgehead atoms. The molecular weight excluding hydrogens is 304 g/mol. The Balaban J connectivity index is 2.05. The van der Waals surface area contributed by atoms with Gasteiger partial charge in [-0.15, -0.1) is 11.3 Å². The number of anilines is 1. The van der Waals surface area contributed by atoms with Crippen molar-refractivity contribution in [2.24, 2.45) is 0 Å². The Morgan fingerprint density at radius 1 is 1.15 bits per heavy atom. The topological polar surface area (TPSA) is 46.2 Å². The minimum Gasteiger partial charge on any atom is -0.380 e. The zero-order valence-electron chi connectivity index (χ0n) is 10.6. The number of nitrogens with one attached hydrogen (secondary N) is 1. The van der Waals surface area contributed by atoms with Crippen LogP contribution in [0.25, 0.3) is 0 Å². The molecule has 0 aliphatic heterocycles. The molecule has 7 heteroatoms. The van der Waals surface area contributed by atoms with E-state index in [1.807, 2.05) is 19.1 Å². The molecular formula is C13H13F2NO2S2. The van der Waals surface area contributed by atoms with Crippen molar-refractivity contribution in [2.75, 3.05) is 5.32 Å². The summed E-state index contributed by atoms with van der Waals surface area (Å²) in [5.41, 5.74) is 0.685. The van der Waals surface area contributed by atoms with E-state index in [9.17, 15) is 17.2 Å². The van der Waals surface area contributed by atoms with Crippen LogP contribution in [0, 0.1) is 6.92 Å². The van der Waals surface area contributed by atoms with Gasteiger partial charge in [0, 0.05) is 22.0 Å². The van der Waals surface area contributed by atoms with Crippen molar-refractivity contribution in [3.05, 3.63) is 46.2 Å². The fourth-order valence-electron chi connectivity index (χ4n) is 1.63. The molecule has 0 fully saturated rings. The van der Waals surface area contributed by atoms with Gasteiger partial charge in [0.1, 0.15) is 0 Å². The Morgan fingerprint density at radius 3 is 2.30 bits per heavy atom. The molecule has 1 aromatic carbocycles. The molecule has 1 aromatic heterocycles. The van der Waals surface area contributed by atoms with Crippen LogP contribution < -0.4 is 5.32 Å². The van der Waals surface area contributed by atoms with E-state index in [2.05, 4.69) is 5.32 Å². The number of hydrogen-bond donors (Lipinski definition) is 1. The molecule has 2 rings (SSSR count). The third kappa shape index (κ3) is 3.34. The maximum absolute atomic E-state index is 12.4. The highest BCUT2D eigenvalue weighted by molar-refractivity contribution is 7.91. The lowest BCUT2D eigenvalue weighted by molar-refractivity contribution is 0.234. The number of hydrogen-bond acceptors (Lipinski definition) is 4. The normalized spacial score (nSPS) is 11.8. The number of benzene rings is 1. The maximum Gasteiger partial charge on any atom is 0.341 e. The van der Waals surface area contributed by atoms with E-state index in [4.69, 9.17) is 0 Å². The lowest BCUT2D eigenvalue weighted by atomic mass is 10.3. The van der Waals surface area contributed by atoms with Gasteiger partial charge in [0.05, 0.1) is 4.90 Å². The third-order valence-corrected chi connectivity index (χ3v) is 5.08. The smallest absolute Gasteiger partial charge is 0.341 e. The van der Waals surface area contributed by atoms with Crippen LogP contribution in [0.1, 0.15) is 9.75 Å². The number of alkyl halides is 2. The lowest BCUT2D eigenvalue weighted by Gasteiger charge is -2.07. The van der Waals surface area contributed by atoms with Gasteiger partial charge in [0.2, 0.25) is 9.84 Å². The molecule has 2 aromatic rings. The van der Waals surface area contributed by atoms with Crippen LogP contribution in [-0.4, -0.2) is 14.2 Å². The van der Waals surface area contributed by atoms with Crippen LogP contribution in [0.3, 0.4) is 0 Å². The van der Waals surface area contributed by atoms with E-state index >= 15 is 0 Å². The van der Waals surface area contributed by atoms with Gasteiger partial charge >= 0.3 is 5.76 Å². The Labute approximate surface area is 120 Å². The predicted octanol–water partition coefficient (Wildman–Crippen LogP) is 3.66. The quantitative estimate of drug-likeness (QED) is 0.915. The van der Waals surface area contributed by atoms with Crippen LogP contribution in [-0.2, 0) is 16.4 Å². The van der Waals surface area contributed by atoms with Gasteiger partial charge in [0.15, 0.2) is 0 Å². The number of aryl methyl sites for hydroxylation is 1. The van der Waals surface area contributed by atoms with Gasteiger partial charge < -0.3 is 5.32 Å². The minimum absolute atomic E-state index is 0.370. The zero-order valence-corrected chi connectivity index (χ0v) is 12.3. The summed E-state index contributed by atoms with van der Waals surface area (Å²) in [6.07, 6.45) is 0. The summed E-state index contributed by atoms with van der Waals surface area (Å²) in [6.45, 7) is 2.62. The second-order valence-corrected chi connectivity index (χ2v) is 7.49. The Kier molecular flexibility index (Phi) is 4.39. The van der Waals surface area contributed by atoms with Crippen molar-refractivity contribution in [1.29, 1.82) is 0 Å².